The number of nitrogens with one attached hydrogen (secondary N) is 1. The van der Waals surface area contributed by atoms with Gasteiger partial charge in [0.05, 0.1) is 5.92 Å². The third-order valence-corrected chi connectivity index (χ3v) is 4.36. The fourth-order valence-electron chi connectivity index (χ4n) is 3.28. The van der Waals surface area contributed by atoms with Gasteiger partial charge in [0.25, 0.3) is 0 Å². The van der Waals surface area contributed by atoms with E-state index < -0.39 is 12.1 Å². The molecule has 2 aliphatic carbocycles. The fraction of sp³-hybridized carbons (Fsp3) is 1.00. The maximum absolute atomic E-state index is 12.5. The van der Waals surface area contributed by atoms with Crippen molar-refractivity contribution in [1.29, 1.82) is 0 Å². The zero-order valence-corrected chi connectivity index (χ0v) is 10.4. The molecule has 0 saturated heterocycles. The highest BCUT2D eigenvalue weighted by molar-refractivity contribution is 4.86. The van der Waals surface area contributed by atoms with E-state index in [1.165, 1.54) is 19.3 Å². The van der Waals surface area contributed by atoms with Crippen molar-refractivity contribution in [3.8, 4) is 0 Å². The predicted octanol–water partition coefficient (Wildman–Crippen LogP) is 3.89. The Hall–Kier alpha value is -0.250. The van der Waals surface area contributed by atoms with Crippen LogP contribution in [0.3, 0.4) is 0 Å². The van der Waals surface area contributed by atoms with E-state index in [0.717, 1.165) is 5.92 Å². The second-order valence-electron chi connectivity index (χ2n) is 5.87. The van der Waals surface area contributed by atoms with Gasteiger partial charge in [-0.1, -0.05) is 6.92 Å². The third kappa shape index (κ3) is 3.60. The van der Waals surface area contributed by atoms with Gasteiger partial charge in [0.2, 0.25) is 0 Å². The van der Waals surface area contributed by atoms with Gasteiger partial charge in [0, 0.05) is 12.1 Å². The number of rotatable bonds is 2. The molecule has 2 atom stereocenters. The minimum absolute atomic E-state index is 0.309. The van der Waals surface area contributed by atoms with Gasteiger partial charge in [0.15, 0.2) is 0 Å². The molecule has 1 N–H and O–H groups in total. The van der Waals surface area contributed by atoms with Gasteiger partial charge in [-0.25, -0.2) is 0 Å². The van der Waals surface area contributed by atoms with E-state index in [0.29, 0.717) is 37.8 Å². The Morgan fingerprint density at radius 2 is 1.47 bits per heavy atom. The standard InChI is InChI=1S/C13H22F3N/c1-9-2-5-12(8-9)17-11-6-3-10(4-7-11)13(14,15)16/h9-12,17H,2-8H2,1H3. The molecule has 2 aliphatic rings. The lowest BCUT2D eigenvalue weighted by Crippen LogP contribution is -2.41. The molecule has 0 aliphatic heterocycles. The molecule has 2 unspecified atom stereocenters. The van der Waals surface area contributed by atoms with Crippen LogP contribution in [0.1, 0.15) is 51.9 Å². The summed E-state index contributed by atoms with van der Waals surface area (Å²) in [7, 11) is 0. The van der Waals surface area contributed by atoms with Crippen molar-refractivity contribution < 1.29 is 13.2 Å². The molecule has 0 heterocycles. The molecule has 4 heteroatoms. The second kappa shape index (κ2) is 5.17. The van der Waals surface area contributed by atoms with Crippen molar-refractivity contribution in [1.82, 2.24) is 5.32 Å². The maximum Gasteiger partial charge on any atom is 0.391 e. The topological polar surface area (TPSA) is 12.0 Å². The Morgan fingerprint density at radius 3 is 1.94 bits per heavy atom. The lowest BCUT2D eigenvalue weighted by atomic mass is 9.85. The highest BCUT2D eigenvalue weighted by atomic mass is 19.4. The molecule has 2 fully saturated rings. The van der Waals surface area contributed by atoms with Crippen molar-refractivity contribution in [2.24, 2.45) is 11.8 Å². The molecule has 0 bridgehead atoms. The van der Waals surface area contributed by atoms with Gasteiger partial charge in [0.1, 0.15) is 0 Å². The summed E-state index contributed by atoms with van der Waals surface area (Å²) in [6.07, 6.45) is 1.67. The van der Waals surface area contributed by atoms with Crippen LogP contribution in [0.5, 0.6) is 0 Å². The molecule has 17 heavy (non-hydrogen) atoms. The summed E-state index contributed by atoms with van der Waals surface area (Å²) in [5, 5.41) is 3.55. The summed E-state index contributed by atoms with van der Waals surface area (Å²) in [4.78, 5) is 0. The Balaban J connectivity index is 1.72. The van der Waals surface area contributed by atoms with Crippen molar-refractivity contribution in [3.05, 3.63) is 0 Å². The summed E-state index contributed by atoms with van der Waals surface area (Å²) in [5.74, 6) is -0.276. The van der Waals surface area contributed by atoms with Crippen LogP contribution in [0.15, 0.2) is 0 Å². The van der Waals surface area contributed by atoms with E-state index in [4.69, 9.17) is 0 Å². The van der Waals surface area contributed by atoms with E-state index in [2.05, 4.69) is 12.2 Å². The number of alkyl halides is 3. The predicted molar refractivity (Wildman–Crippen MR) is 61.7 cm³/mol. The van der Waals surface area contributed by atoms with Crippen LogP contribution in [0, 0.1) is 11.8 Å². The quantitative estimate of drug-likeness (QED) is 0.783. The minimum Gasteiger partial charge on any atom is -0.311 e. The molecule has 0 spiro atoms. The first-order valence-corrected chi connectivity index (χ1v) is 6.78. The highest BCUT2D eigenvalue weighted by Crippen LogP contribution is 2.38. The molecule has 2 rings (SSSR count). The van der Waals surface area contributed by atoms with Crippen LogP contribution in [0.25, 0.3) is 0 Å². The minimum atomic E-state index is -3.98. The van der Waals surface area contributed by atoms with Crippen LogP contribution in [0.4, 0.5) is 13.2 Å². The molecular weight excluding hydrogens is 227 g/mol. The van der Waals surface area contributed by atoms with Crippen molar-refractivity contribution in [2.45, 2.75) is 70.1 Å². The molecule has 0 aromatic heterocycles. The average Bonchev–Trinajstić information content (AvgIpc) is 2.63. The lowest BCUT2D eigenvalue weighted by molar-refractivity contribution is -0.182. The maximum atomic E-state index is 12.5. The normalized spacial score (nSPS) is 39.5. The van der Waals surface area contributed by atoms with Crippen LogP contribution >= 0.6 is 0 Å². The molecule has 1 nitrogen and oxygen atoms in total. The summed E-state index contributed by atoms with van der Waals surface area (Å²) < 4.78 is 37.5. The summed E-state index contributed by atoms with van der Waals surface area (Å²) >= 11 is 0. The van der Waals surface area contributed by atoms with Crippen molar-refractivity contribution in [2.75, 3.05) is 0 Å². The number of halogens is 3. The molecule has 0 amide bonds. The van der Waals surface area contributed by atoms with Crippen LogP contribution in [-0.2, 0) is 0 Å². The van der Waals surface area contributed by atoms with Gasteiger partial charge >= 0.3 is 6.18 Å². The largest absolute Gasteiger partial charge is 0.391 e. The molecule has 0 aromatic rings. The Morgan fingerprint density at radius 1 is 0.882 bits per heavy atom. The van der Waals surface area contributed by atoms with Gasteiger partial charge in [-0.15, -0.1) is 0 Å². The monoisotopic (exact) mass is 249 g/mol. The smallest absolute Gasteiger partial charge is 0.311 e. The lowest BCUT2D eigenvalue weighted by Gasteiger charge is -2.32. The van der Waals surface area contributed by atoms with Crippen LogP contribution < -0.4 is 5.32 Å². The first-order chi connectivity index (χ1) is 7.95. The third-order valence-electron chi connectivity index (χ3n) is 4.36. The fourth-order valence-corrected chi connectivity index (χ4v) is 3.28. The zero-order valence-electron chi connectivity index (χ0n) is 10.4. The molecule has 100 valence electrons. The second-order valence-corrected chi connectivity index (χ2v) is 5.87. The molecular formula is C13H22F3N. The van der Waals surface area contributed by atoms with E-state index in [1.807, 2.05) is 0 Å². The molecule has 0 radical (unpaired) electrons. The molecule has 0 aromatic carbocycles. The van der Waals surface area contributed by atoms with Gasteiger partial charge < -0.3 is 5.32 Å². The number of hydrogen-bond acceptors (Lipinski definition) is 1. The Labute approximate surface area is 101 Å². The van der Waals surface area contributed by atoms with Gasteiger partial charge in [-0.05, 0) is 50.9 Å². The van der Waals surface area contributed by atoms with Gasteiger partial charge in [-0.3, -0.25) is 0 Å². The van der Waals surface area contributed by atoms with Crippen molar-refractivity contribution >= 4 is 0 Å². The van der Waals surface area contributed by atoms with E-state index in [1.54, 1.807) is 0 Å². The van der Waals surface area contributed by atoms with E-state index >= 15 is 0 Å². The van der Waals surface area contributed by atoms with E-state index in [-0.39, 0.29) is 0 Å². The van der Waals surface area contributed by atoms with Gasteiger partial charge in [-0.2, -0.15) is 13.2 Å². The first kappa shape index (κ1) is 13.2. The summed E-state index contributed by atoms with van der Waals surface area (Å²) in [6, 6.07) is 0.876. The molecule has 2 saturated carbocycles. The Bertz CT molecular complexity index is 244. The van der Waals surface area contributed by atoms with Crippen LogP contribution in [-0.4, -0.2) is 18.3 Å². The zero-order chi connectivity index (χ0) is 12.5. The first-order valence-electron chi connectivity index (χ1n) is 6.78. The summed E-state index contributed by atoms with van der Waals surface area (Å²) in [5.41, 5.74) is 0. The SMILES string of the molecule is CC1CCC(NC2CCC(C(F)(F)F)CC2)C1. The van der Waals surface area contributed by atoms with Crippen molar-refractivity contribution in [3.63, 3.8) is 0 Å². The number of hydrogen-bond donors (Lipinski definition) is 1. The average molecular weight is 249 g/mol. The van der Waals surface area contributed by atoms with E-state index in [9.17, 15) is 13.2 Å². The highest BCUT2D eigenvalue weighted by Gasteiger charge is 2.41. The van der Waals surface area contributed by atoms with Crippen LogP contribution in [0.2, 0.25) is 0 Å². The summed E-state index contributed by atoms with van der Waals surface area (Å²) in [6.45, 7) is 2.25. The Kier molecular flexibility index (Phi) is 4.01.